The summed E-state index contributed by atoms with van der Waals surface area (Å²) in [5, 5.41) is 0. The lowest BCUT2D eigenvalue weighted by Crippen LogP contribution is -1.94. The summed E-state index contributed by atoms with van der Waals surface area (Å²) in [6.45, 7) is 3.31. The lowest BCUT2D eigenvalue weighted by Gasteiger charge is -1.92. The van der Waals surface area contributed by atoms with Crippen molar-refractivity contribution in [3.05, 3.63) is 30.1 Å². The maximum absolute atomic E-state index is 4.83. The molecule has 0 aliphatic rings. The van der Waals surface area contributed by atoms with E-state index in [-0.39, 0.29) is 0 Å². The van der Waals surface area contributed by atoms with Gasteiger partial charge >= 0.3 is 0 Å². The molecule has 0 unspecified atom stereocenters. The van der Waals surface area contributed by atoms with Crippen LogP contribution in [0.25, 0.3) is 0 Å². The summed E-state index contributed by atoms with van der Waals surface area (Å²) in [7, 11) is 0. The van der Waals surface area contributed by atoms with Crippen molar-refractivity contribution < 1.29 is 0 Å². The van der Waals surface area contributed by atoms with Crippen LogP contribution in [0.15, 0.2) is 29.4 Å². The van der Waals surface area contributed by atoms with E-state index in [4.69, 9.17) is 12.2 Å². The minimum absolute atomic E-state index is 0.445. The normalized spacial score (nSPS) is 8.80. The van der Waals surface area contributed by atoms with Crippen molar-refractivity contribution in [2.45, 2.75) is 0 Å². The van der Waals surface area contributed by atoms with Gasteiger partial charge < -0.3 is 0 Å². The second-order valence-corrected chi connectivity index (χ2v) is 2.06. The maximum atomic E-state index is 4.83. The molecule has 2 nitrogen and oxygen atoms in total. The zero-order valence-electron chi connectivity index (χ0n) is 5.32. The van der Waals surface area contributed by atoms with Crippen molar-refractivity contribution in [1.29, 1.82) is 0 Å². The van der Waals surface area contributed by atoms with Crippen LogP contribution in [0.4, 0.5) is 0 Å². The monoisotopic (exact) mass is 150 g/mol. The van der Waals surface area contributed by atoms with E-state index in [1.165, 1.54) is 0 Å². The quantitative estimate of drug-likeness (QED) is 0.447. The third-order valence-corrected chi connectivity index (χ3v) is 1.37. The largest absolute Gasteiger partial charge is 0.254 e. The highest BCUT2D eigenvalue weighted by atomic mass is 32.1. The van der Waals surface area contributed by atoms with Gasteiger partial charge in [0.2, 0.25) is 0 Å². The fraction of sp³-hybridized carbons (Fsp3) is 0. The number of hydrogen-bond donors (Lipinski definition) is 0. The number of thiocarbonyl (C=S) groups is 1. The lowest BCUT2D eigenvalue weighted by atomic mass is 10.3. The zero-order valence-corrected chi connectivity index (χ0v) is 6.14. The van der Waals surface area contributed by atoms with Crippen molar-refractivity contribution >= 4 is 23.9 Å². The zero-order chi connectivity index (χ0) is 7.40. The molecule has 1 rings (SSSR count). The van der Waals surface area contributed by atoms with Gasteiger partial charge in [0.05, 0.1) is 5.69 Å². The van der Waals surface area contributed by atoms with Crippen molar-refractivity contribution in [3.8, 4) is 0 Å². The Labute approximate surface area is 64.6 Å². The summed E-state index contributed by atoms with van der Waals surface area (Å²) in [6.07, 6.45) is 1.67. The second kappa shape index (κ2) is 3.17. The van der Waals surface area contributed by atoms with Gasteiger partial charge in [0.25, 0.3) is 0 Å². The first-order valence-electron chi connectivity index (χ1n) is 2.76. The molecule has 0 atom stereocenters. The van der Waals surface area contributed by atoms with Gasteiger partial charge in [0.15, 0.2) is 4.99 Å². The lowest BCUT2D eigenvalue weighted by molar-refractivity contribution is 1.29. The molecule has 1 aromatic rings. The van der Waals surface area contributed by atoms with Gasteiger partial charge in [-0.1, -0.05) is 18.3 Å². The van der Waals surface area contributed by atoms with Crippen LogP contribution < -0.4 is 0 Å². The molecular formula is C7H6N2S. The van der Waals surface area contributed by atoms with Crippen molar-refractivity contribution in [2.75, 3.05) is 0 Å². The molecule has 0 saturated heterocycles. The first-order valence-corrected chi connectivity index (χ1v) is 3.17. The molecule has 0 amide bonds. The fourth-order valence-corrected chi connectivity index (χ4v) is 0.691. The molecule has 0 aliphatic carbocycles. The van der Waals surface area contributed by atoms with Crippen molar-refractivity contribution in [2.24, 2.45) is 4.99 Å². The summed E-state index contributed by atoms with van der Waals surface area (Å²) in [5.41, 5.74) is 0.701. The first-order chi connectivity index (χ1) is 4.84. The van der Waals surface area contributed by atoms with Crippen molar-refractivity contribution in [1.82, 2.24) is 4.98 Å². The SMILES string of the molecule is C=NC(=S)c1ccccn1. The van der Waals surface area contributed by atoms with Gasteiger partial charge in [-0.25, -0.2) is 0 Å². The molecule has 0 N–H and O–H groups in total. The highest BCUT2D eigenvalue weighted by Crippen LogP contribution is 1.96. The van der Waals surface area contributed by atoms with E-state index in [0.717, 1.165) is 0 Å². The van der Waals surface area contributed by atoms with Gasteiger partial charge in [-0.3, -0.25) is 9.98 Å². The molecule has 0 bridgehead atoms. The van der Waals surface area contributed by atoms with E-state index < -0.39 is 0 Å². The van der Waals surface area contributed by atoms with E-state index in [0.29, 0.717) is 10.7 Å². The van der Waals surface area contributed by atoms with Crippen LogP contribution in [0.5, 0.6) is 0 Å². The summed E-state index contributed by atoms with van der Waals surface area (Å²) >= 11 is 4.83. The topological polar surface area (TPSA) is 25.2 Å². The number of rotatable bonds is 1. The van der Waals surface area contributed by atoms with E-state index in [2.05, 4.69) is 16.7 Å². The molecule has 1 aromatic heterocycles. The van der Waals surface area contributed by atoms with Crippen LogP contribution in [0.1, 0.15) is 5.69 Å². The number of nitrogens with zero attached hydrogens (tertiary/aromatic N) is 2. The Bertz CT molecular complexity index is 243. The van der Waals surface area contributed by atoms with E-state index in [1.807, 2.05) is 12.1 Å². The maximum Gasteiger partial charge on any atom is 0.151 e. The average Bonchev–Trinajstić information content (AvgIpc) is 2.05. The van der Waals surface area contributed by atoms with Crippen LogP contribution in [0.2, 0.25) is 0 Å². The van der Waals surface area contributed by atoms with Crippen LogP contribution in [0.3, 0.4) is 0 Å². The molecule has 0 spiro atoms. The third kappa shape index (κ3) is 1.45. The van der Waals surface area contributed by atoms with Crippen LogP contribution >= 0.6 is 12.2 Å². The van der Waals surface area contributed by atoms with Gasteiger partial charge in [-0.15, -0.1) is 0 Å². The smallest absolute Gasteiger partial charge is 0.151 e. The summed E-state index contributed by atoms with van der Waals surface area (Å²) in [4.78, 5) is 8.00. The molecule has 0 saturated carbocycles. The number of pyridine rings is 1. The van der Waals surface area contributed by atoms with Gasteiger partial charge in [0, 0.05) is 6.20 Å². The highest BCUT2D eigenvalue weighted by Gasteiger charge is 1.94. The van der Waals surface area contributed by atoms with Crippen LogP contribution in [-0.2, 0) is 0 Å². The van der Waals surface area contributed by atoms with E-state index >= 15 is 0 Å². The molecule has 0 aromatic carbocycles. The van der Waals surface area contributed by atoms with E-state index in [1.54, 1.807) is 12.3 Å². The Morgan fingerprint density at radius 2 is 2.40 bits per heavy atom. The summed E-state index contributed by atoms with van der Waals surface area (Å²) < 4.78 is 0. The molecule has 3 heteroatoms. The Kier molecular flexibility index (Phi) is 2.23. The first kappa shape index (κ1) is 7.02. The minimum Gasteiger partial charge on any atom is -0.254 e. The number of aliphatic imine (C=N–C) groups is 1. The second-order valence-electron chi connectivity index (χ2n) is 1.68. The minimum atomic E-state index is 0.445. The molecular weight excluding hydrogens is 144 g/mol. The third-order valence-electron chi connectivity index (χ3n) is 1.03. The Morgan fingerprint density at radius 1 is 1.60 bits per heavy atom. The van der Waals surface area contributed by atoms with Crippen molar-refractivity contribution in [3.63, 3.8) is 0 Å². The molecule has 0 radical (unpaired) electrons. The summed E-state index contributed by atoms with van der Waals surface area (Å²) in [5.74, 6) is 0. The average molecular weight is 150 g/mol. The van der Waals surface area contributed by atoms with Gasteiger partial charge in [0.1, 0.15) is 0 Å². The molecule has 1 heterocycles. The Hall–Kier alpha value is -1.09. The van der Waals surface area contributed by atoms with Crippen LogP contribution in [-0.4, -0.2) is 16.7 Å². The van der Waals surface area contributed by atoms with Crippen LogP contribution in [0, 0.1) is 0 Å². The molecule has 0 aliphatic heterocycles. The highest BCUT2D eigenvalue weighted by molar-refractivity contribution is 7.80. The standard InChI is InChI=1S/C7H6N2S/c1-8-7(10)6-4-2-3-5-9-6/h2-5H,1H2. The summed E-state index contributed by atoms with van der Waals surface area (Å²) in [6, 6.07) is 5.49. The Morgan fingerprint density at radius 3 is 2.90 bits per heavy atom. The van der Waals surface area contributed by atoms with Gasteiger partial charge in [-0.05, 0) is 18.9 Å². The Balaban J connectivity index is 2.95. The van der Waals surface area contributed by atoms with E-state index in [9.17, 15) is 0 Å². The fourth-order valence-electron chi connectivity index (χ4n) is 0.570. The van der Waals surface area contributed by atoms with Gasteiger partial charge in [-0.2, -0.15) is 0 Å². The molecule has 10 heavy (non-hydrogen) atoms. The predicted molar refractivity (Wildman–Crippen MR) is 45.5 cm³/mol. The number of hydrogen-bond acceptors (Lipinski definition) is 2. The predicted octanol–water partition coefficient (Wildman–Crippen LogP) is 1.46. The molecule has 50 valence electrons. The number of aromatic nitrogens is 1. The molecule has 0 fully saturated rings.